The smallest absolute Gasteiger partial charge is 0.0895 e. The second-order valence-corrected chi connectivity index (χ2v) is 1.69. The standard InChI is InChI=1S/C7H14O2/c1-3-5-9-7-4-6-8-2/h3,5H,4,6-7H2,1-2H3/b5-3+. The second-order valence-electron chi connectivity index (χ2n) is 1.69. The van der Waals surface area contributed by atoms with Crippen molar-refractivity contribution in [2.24, 2.45) is 0 Å². The number of rotatable bonds is 5. The molecule has 2 nitrogen and oxygen atoms in total. The van der Waals surface area contributed by atoms with Crippen LogP contribution < -0.4 is 0 Å². The largest absolute Gasteiger partial charge is 0.501 e. The van der Waals surface area contributed by atoms with Gasteiger partial charge >= 0.3 is 0 Å². The molecule has 0 unspecified atom stereocenters. The van der Waals surface area contributed by atoms with E-state index in [2.05, 4.69) is 0 Å². The van der Waals surface area contributed by atoms with E-state index in [9.17, 15) is 0 Å². The molecule has 0 saturated carbocycles. The first-order chi connectivity index (χ1) is 4.41. The Kier molecular flexibility index (Phi) is 7.08. The molecule has 0 atom stereocenters. The molecular formula is C7H14O2. The molecule has 54 valence electrons. The van der Waals surface area contributed by atoms with Crippen LogP contribution in [0.5, 0.6) is 0 Å². The first kappa shape index (κ1) is 8.50. The Morgan fingerprint density at radius 3 is 2.67 bits per heavy atom. The molecule has 0 aromatic carbocycles. The van der Waals surface area contributed by atoms with E-state index in [1.54, 1.807) is 13.4 Å². The molecule has 0 spiro atoms. The Labute approximate surface area is 56.5 Å². The third-order valence-electron chi connectivity index (χ3n) is 0.843. The van der Waals surface area contributed by atoms with Crippen LogP contribution in [0.1, 0.15) is 13.3 Å². The second kappa shape index (κ2) is 7.50. The van der Waals surface area contributed by atoms with Crippen LogP contribution in [0.4, 0.5) is 0 Å². The molecule has 0 aliphatic heterocycles. The first-order valence-electron chi connectivity index (χ1n) is 3.13. The summed E-state index contributed by atoms with van der Waals surface area (Å²) in [6.45, 7) is 3.45. The van der Waals surface area contributed by atoms with Gasteiger partial charge in [0.25, 0.3) is 0 Å². The Morgan fingerprint density at radius 1 is 1.33 bits per heavy atom. The van der Waals surface area contributed by atoms with Crippen LogP contribution in [0.2, 0.25) is 0 Å². The van der Waals surface area contributed by atoms with Crippen molar-refractivity contribution in [3.63, 3.8) is 0 Å². The van der Waals surface area contributed by atoms with Gasteiger partial charge in [-0.05, 0) is 6.92 Å². The van der Waals surface area contributed by atoms with Crippen LogP contribution in [0.3, 0.4) is 0 Å². The number of hydrogen-bond donors (Lipinski definition) is 0. The van der Waals surface area contributed by atoms with Crippen LogP contribution in [0.15, 0.2) is 12.3 Å². The molecule has 0 aromatic heterocycles. The third-order valence-corrected chi connectivity index (χ3v) is 0.843. The first-order valence-corrected chi connectivity index (χ1v) is 3.13. The van der Waals surface area contributed by atoms with E-state index in [1.165, 1.54) is 0 Å². The minimum Gasteiger partial charge on any atom is -0.501 e. The zero-order chi connectivity index (χ0) is 6.95. The highest BCUT2D eigenvalue weighted by Crippen LogP contribution is 1.83. The molecule has 0 rings (SSSR count). The molecule has 0 heterocycles. The molecule has 0 saturated heterocycles. The van der Waals surface area contributed by atoms with Gasteiger partial charge in [-0.3, -0.25) is 0 Å². The monoisotopic (exact) mass is 130 g/mol. The fourth-order valence-electron chi connectivity index (χ4n) is 0.451. The van der Waals surface area contributed by atoms with Crippen LogP contribution in [-0.4, -0.2) is 20.3 Å². The average molecular weight is 130 g/mol. The number of hydrogen-bond acceptors (Lipinski definition) is 2. The molecule has 0 aliphatic rings. The lowest BCUT2D eigenvalue weighted by atomic mass is 10.5. The van der Waals surface area contributed by atoms with Crippen LogP contribution in [0.25, 0.3) is 0 Å². The number of allylic oxidation sites excluding steroid dienone is 1. The zero-order valence-corrected chi connectivity index (χ0v) is 6.09. The van der Waals surface area contributed by atoms with Crippen molar-refractivity contribution in [3.05, 3.63) is 12.3 Å². The summed E-state index contributed by atoms with van der Waals surface area (Å²) < 4.78 is 9.84. The van der Waals surface area contributed by atoms with E-state index in [0.29, 0.717) is 0 Å². The van der Waals surface area contributed by atoms with Crippen LogP contribution >= 0.6 is 0 Å². The van der Waals surface area contributed by atoms with Gasteiger partial charge in [-0.15, -0.1) is 0 Å². The van der Waals surface area contributed by atoms with Gasteiger partial charge in [0, 0.05) is 20.1 Å². The normalized spacial score (nSPS) is 10.4. The van der Waals surface area contributed by atoms with Crippen molar-refractivity contribution in [1.82, 2.24) is 0 Å². The zero-order valence-electron chi connectivity index (χ0n) is 6.09. The summed E-state index contributed by atoms with van der Waals surface area (Å²) in [6, 6.07) is 0. The number of methoxy groups -OCH3 is 1. The molecule has 0 radical (unpaired) electrons. The maximum atomic E-state index is 5.02. The van der Waals surface area contributed by atoms with Gasteiger partial charge in [-0.1, -0.05) is 6.08 Å². The van der Waals surface area contributed by atoms with Gasteiger partial charge in [-0.2, -0.15) is 0 Å². The van der Waals surface area contributed by atoms with E-state index in [4.69, 9.17) is 9.47 Å². The topological polar surface area (TPSA) is 18.5 Å². The lowest BCUT2D eigenvalue weighted by Gasteiger charge is -1.97. The predicted octanol–water partition coefficient (Wildman–Crippen LogP) is 1.57. The van der Waals surface area contributed by atoms with Gasteiger partial charge < -0.3 is 9.47 Å². The summed E-state index contributed by atoms with van der Waals surface area (Å²) in [5.74, 6) is 0. The molecule has 0 amide bonds. The molecule has 0 aliphatic carbocycles. The van der Waals surface area contributed by atoms with Gasteiger partial charge in [0.1, 0.15) is 0 Å². The summed E-state index contributed by atoms with van der Waals surface area (Å²) in [6.07, 6.45) is 4.52. The molecule has 0 fully saturated rings. The fraction of sp³-hybridized carbons (Fsp3) is 0.714. The highest BCUT2D eigenvalue weighted by molar-refractivity contribution is 4.64. The maximum absolute atomic E-state index is 5.02. The van der Waals surface area contributed by atoms with Gasteiger partial charge in [-0.25, -0.2) is 0 Å². The van der Waals surface area contributed by atoms with Gasteiger partial charge in [0.2, 0.25) is 0 Å². The van der Waals surface area contributed by atoms with Crippen LogP contribution in [-0.2, 0) is 9.47 Å². The summed E-state index contributed by atoms with van der Waals surface area (Å²) in [7, 11) is 1.69. The SMILES string of the molecule is C/C=C/OCCCOC. The summed E-state index contributed by atoms with van der Waals surface area (Å²) in [4.78, 5) is 0. The maximum Gasteiger partial charge on any atom is 0.0895 e. The summed E-state index contributed by atoms with van der Waals surface area (Å²) >= 11 is 0. The average Bonchev–Trinajstić information content (AvgIpc) is 1.89. The molecule has 0 aromatic rings. The van der Waals surface area contributed by atoms with Crippen molar-refractivity contribution in [2.75, 3.05) is 20.3 Å². The third kappa shape index (κ3) is 7.50. The number of ether oxygens (including phenoxy) is 2. The van der Waals surface area contributed by atoms with E-state index < -0.39 is 0 Å². The predicted molar refractivity (Wildman–Crippen MR) is 37.3 cm³/mol. The molecular weight excluding hydrogens is 116 g/mol. The minimum atomic E-state index is 0.748. The van der Waals surface area contributed by atoms with Crippen molar-refractivity contribution in [2.45, 2.75) is 13.3 Å². The van der Waals surface area contributed by atoms with Crippen LogP contribution in [0, 0.1) is 0 Å². The Morgan fingerprint density at radius 2 is 2.11 bits per heavy atom. The Bertz CT molecular complexity index is 69.3. The minimum absolute atomic E-state index is 0.748. The van der Waals surface area contributed by atoms with E-state index in [1.807, 2.05) is 13.0 Å². The Balaban J connectivity index is 2.75. The van der Waals surface area contributed by atoms with Gasteiger partial charge in [0.15, 0.2) is 0 Å². The molecule has 9 heavy (non-hydrogen) atoms. The lowest BCUT2D eigenvalue weighted by Crippen LogP contribution is -1.93. The molecule has 2 heteroatoms. The van der Waals surface area contributed by atoms with Crippen molar-refractivity contribution < 1.29 is 9.47 Å². The van der Waals surface area contributed by atoms with Crippen molar-refractivity contribution >= 4 is 0 Å². The van der Waals surface area contributed by atoms with E-state index in [0.717, 1.165) is 19.6 Å². The highest BCUT2D eigenvalue weighted by Gasteiger charge is 1.81. The molecule has 0 bridgehead atoms. The quantitative estimate of drug-likeness (QED) is 0.415. The summed E-state index contributed by atoms with van der Waals surface area (Å²) in [5.41, 5.74) is 0. The Hall–Kier alpha value is -0.500. The van der Waals surface area contributed by atoms with E-state index in [-0.39, 0.29) is 0 Å². The summed E-state index contributed by atoms with van der Waals surface area (Å²) in [5, 5.41) is 0. The van der Waals surface area contributed by atoms with Crippen molar-refractivity contribution in [3.8, 4) is 0 Å². The molecule has 0 N–H and O–H groups in total. The van der Waals surface area contributed by atoms with E-state index >= 15 is 0 Å². The van der Waals surface area contributed by atoms with Crippen molar-refractivity contribution in [1.29, 1.82) is 0 Å². The lowest BCUT2D eigenvalue weighted by molar-refractivity contribution is 0.157. The fourth-order valence-corrected chi connectivity index (χ4v) is 0.451. The van der Waals surface area contributed by atoms with Gasteiger partial charge in [0.05, 0.1) is 12.9 Å². The highest BCUT2D eigenvalue weighted by atomic mass is 16.5.